The lowest BCUT2D eigenvalue weighted by atomic mass is 9.75. The molecule has 170 valence electrons. The van der Waals surface area contributed by atoms with Crippen molar-refractivity contribution in [2.75, 3.05) is 46.9 Å². The molecule has 8 nitrogen and oxygen atoms in total. The topological polar surface area (TPSA) is 87.9 Å². The molecule has 0 aliphatic carbocycles. The minimum absolute atomic E-state index is 0.188. The predicted molar refractivity (Wildman–Crippen MR) is 102 cm³/mol. The lowest BCUT2D eigenvalue weighted by Gasteiger charge is -2.28. The number of imidazole rings is 1. The van der Waals surface area contributed by atoms with Gasteiger partial charge in [-0.05, 0) is 27.3 Å². The van der Waals surface area contributed by atoms with Crippen molar-refractivity contribution in [1.29, 1.82) is 0 Å². The molecule has 2 aliphatic rings. The van der Waals surface area contributed by atoms with Crippen molar-refractivity contribution in [2.45, 2.75) is 38.4 Å². The normalized spacial score (nSPS) is 24.6. The lowest BCUT2D eigenvalue weighted by molar-refractivity contribution is -0.192. The van der Waals surface area contributed by atoms with Crippen molar-refractivity contribution in [3.05, 3.63) is 18.2 Å². The van der Waals surface area contributed by atoms with E-state index in [-0.39, 0.29) is 17.2 Å². The molecular formula is C19H29F3N4O4. The fraction of sp³-hybridized carbons (Fsp3) is 0.737. The van der Waals surface area contributed by atoms with E-state index in [0.717, 1.165) is 31.7 Å². The predicted octanol–water partition coefficient (Wildman–Crippen LogP) is 1.99. The molecule has 0 bridgehead atoms. The second-order valence-corrected chi connectivity index (χ2v) is 8.08. The highest BCUT2D eigenvalue weighted by Crippen LogP contribution is 2.49. The SMILES string of the molecule is COCCN1CCC2(CN(C)CC2c2cn(C(C)C)cn2)C1=O.O=C(O)C(F)(F)F. The monoisotopic (exact) mass is 434 g/mol. The van der Waals surface area contributed by atoms with E-state index in [1.807, 2.05) is 11.2 Å². The molecule has 2 fully saturated rings. The number of carboxylic acids is 1. The number of hydrogen-bond acceptors (Lipinski definition) is 5. The fourth-order valence-electron chi connectivity index (χ4n) is 4.08. The summed E-state index contributed by atoms with van der Waals surface area (Å²) in [4.78, 5) is 30.9. The first-order valence-corrected chi connectivity index (χ1v) is 9.72. The summed E-state index contributed by atoms with van der Waals surface area (Å²) in [5.74, 6) is -2.29. The number of rotatable bonds is 5. The molecule has 0 saturated carbocycles. The number of aromatic nitrogens is 2. The average molecular weight is 434 g/mol. The number of carboxylic acid groups (broad SMARTS) is 1. The summed E-state index contributed by atoms with van der Waals surface area (Å²) in [5, 5.41) is 7.12. The molecule has 2 aliphatic heterocycles. The van der Waals surface area contributed by atoms with Gasteiger partial charge in [0.2, 0.25) is 5.91 Å². The molecule has 2 saturated heterocycles. The molecule has 1 aromatic rings. The molecule has 1 spiro atoms. The smallest absolute Gasteiger partial charge is 0.475 e. The summed E-state index contributed by atoms with van der Waals surface area (Å²) in [6, 6.07) is 0.392. The van der Waals surface area contributed by atoms with Crippen LogP contribution in [0.3, 0.4) is 0 Å². The minimum atomic E-state index is -5.08. The van der Waals surface area contributed by atoms with Gasteiger partial charge in [-0.2, -0.15) is 13.2 Å². The zero-order chi connectivity index (χ0) is 22.7. The van der Waals surface area contributed by atoms with Crippen LogP contribution < -0.4 is 0 Å². The molecule has 1 amide bonds. The van der Waals surface area contributed by atoms with Gasteiger partial charge < -0.3 is 24.2 Å². The summed E-state index contributed by atoms with van der Waals surface area (Å²) in [6.45, 7) is 8.15. The molecule has 3 heterocycles. The van der Waals surface area contributed by atoms with Crippen LogP contribution in [-0.4, -0.2) is 89.5 Å². The van der Waals surface area contributed by atoms with Gasteiger partial charge >= 0.3 is 12.1 Å². The van der Waals surface area contributed by atoms with E-state index in [1.165, 1.54) is 0 Å². The van der Waals surface area contributed by atoms with Gasteiger partial charge in [-0.25, -0.2) is 9.78 Å². The van der Waals surface area contributed by atoms with Crippen LogP contribution >= 0.6 is 0 Å². The lowest BCUT2D eigenvalue weighted by Crippen LogP contribution is -2.40. The number of methoxy groups -OCH3 is 1. The van der Waals surface area contributed by atoms with Crippen LogP contribution in [0.1, 0.15) is 37.9 Å². The quantitative estimate of drug-likeness (QED) is 0.763. The van der Waals surface area contributed by atoms with Gasteiger partial charge in [0.15, 0.2) is 0 Å². The van der Waals surface area contributed by atoms with E-state index in [2.05, 4.69) is 41.5 Å². The number of carbonyl (C=O) groups is 2. The van der Waals surface area contributed by atoms with E-state index in [4.69, 9.17) is 14.6 Å². The first kappa shape index (κ1) is 24.1. The first-order valence-electron chi connectivity index (χ1n) is 9.72. The zero-order valence-corrected chi connectivity index (χ0v) is 17.6. The Morgan fingerprint density at radius 3 is 2.57 bits per heavy atom. The number of likely N-dealkylation sites (N-methyl/N-ethyl adjacent to an activating group) is 1. The number of aliphatic carboxylic acids is 1. The molecule has 11 heteroatoms. The van der Waals surface area contributed by atoms with Crippen molar-refractivity contribution >= 4 is 11.9 Å². The molecule has 1 aromatic heterocycles. The second-order valence-electron chi connectivity index (χ2n) is 8.08. The highest BCUT2D eigenvalue weighted by Gasteiger charge is 2.56. The summed E-state index contributed by atoms with van der Waals surface area (Å²) >= 11 is 0. The van der Waals surface area contributed by atoms with E-state index in [0.29, 0.717) is 19.2 Å². The number of hydrogen-bond donors (Lipinski definition) is 1. The zero-order valence-electron chi connectivity index (χ0n) is 17.6. The van der Waals surface area contributed by atoms with Crippen LogP contribution in [-0.2, 0) is 14.3 Å². The van der Waals surface area contributed by atoms with E-state index < -0.39 is 12.1 Å². The van der Waals surface area contributed by atoms with Gasteiger partial charge in [0.05, 0.1) is 24.0 Å². The van der Waals surface area contributed by atoms with Crippen molar-refractivity contribution in [2.24, 2.45) is 5.41 Å². The molecule has 30 heavy (non-hydrogen) atoms. The number of alkyl halides is 3. The third-order valence-corrected chi connectivity index (χ3v) is 5.64. The minimum Gasteiger partial charge on any atom is -0.475 e. The Morgan fingerprint density at radius 1 is 1.43 bits per heavy atom. The van der Waals surface area contributed by atoms with Gasteiger partial charge in [-0.15, -0.1) is 0 Å². The molecule has 0 radical (unpaired) electrons. The van der Waals surface area contributed by atoms with Crippen LogP contribution in [0.4, 0.5) is 13.2 Å². The van der Waals surface area contributed by atoms with Crippen LogP contribution in [0.25, 0.3) is 0 Å². The Kier molecular flexibility index (Phi) is 7.51. The third-order valence-electron chi connectivity index (χ3n) is 5.64. The second kappa shape index (κ2) is 9.34. The number of nitrogens with zero attached hydrogens (tertiary/aromatic N) is 4. The molecule has 2 atom stereocenters. The first-order chi connectivity index (χ1) is 13.9. The van der Waals surface area contributed by atoms with Crippen LogP contribution in [0, 0.1) is 5.41 Å². The van der Waals surface area contributed by atoms with Crippen molar-refractivity contribution < 1.29 is 32.6 Å². The summed E-state index contributed by atoms with van der Waals surface area (Å²) < 4.78 is 39.0. The van der Waals surface area contributed by atoms with Gasteiger partial charge in [-0.3, -0.25) is 4.79 Å². The molecule has 0 aromatic carbocycles. The number of likely N-dealkylation sites (tertiary alicyclic amines) is 2. The maximum atomic E-state index is 13.1. The molecule has 3 rings (SSSR count). The Balaban J connectivity index is 0.000000396. The Morgan fingerprint density at radius 2 is 2.07 bits per heavy atom. The van der Waals surface area contributed by atoms with E-state index in [1.54, 1.807) is 7.11 Å². The van der Waals surface area contributed by atoms with Crippen molar-refractivity contribution in [3.8, 4) is 0 Å². The number of ether oxygens (including phenoxy) is 1. The van der Waals surface area contributed by atoms with Crippen LogP contribution in [0.15, 0.2) is 12.5 Å². The van der Waals surface area contributed by atoms with E-state index in [9.17, 15) is 18.0 Å². The van der Waals surface area contributed by atoms with Crippen molar-refractivity contribution in [3.63, 3.8) is 0 Å². The number of carbonyl (C=O) groups excluding carboxylic acids is 1. The van der Waals surface area contributed by atoms with Crippen LogP contribution in [0.5, 0.6) is 0 Å². The van der Waals surface area contributed by atoms with Gasteiger partial charge in [0.25, 0.3) is 0 Å². The van der Waals surface area contributed by atoms with Crippen LogP contribution in [0.2, 0.25) is 0 Å². The van der Waals surface area contributed by atoms with Gasteiger partial charge in [-0.1, -0.05) is 0 Å². The Bertz CT molecular complexity index is 752. The number of amides is 1. The largest absolute Gasteiger partial charge is 0.490 e. The third kappa shape index (κ3) is 5.12. The summed E-state index contributed by atoms with van der Waals surface area (Å²) in [6.07, 6.45) is -0.144. The molecule has 2 unspecified atom stereocenters. The average Bonchev–Trinajstić information content (AvgIpc) is 3.33. The standard InChI is InChI=1S/C17H28N4O2.C2HF3O2/c1-13(2)21-10-15(18-12-21)14-9-19(3)11-17(14)5-6-20(16(17)22)7-8-23-4;3-2(4,5)1(6)7/h10,12-14H,5-9,11H2,1-4H3;(H,6,7). The Hall–Kier alpha value is -2.14. The van der Waals surface area contributed by atoms with Gasteiger partial charge in [0.1, 0.15) is 0 Å². The molecular weight excluding hydrogens is 405 g/mol. The fourth-order valence-corrected chi connectivity index (χ4v) is 4.08. The number of halogens is 3. The summed E-state index contributed by atoms with van der Waals surface area (Å²) in [5.41, 5.74) is 0.753. The highest BCUT2D eigenvalue weighted by molar-refractivity contribution is 5.86. The highest BCUT2D eigenvalue weighted by atomic mass is 19.4. The maximum Gasteiger partial charge on any atom is 0.490 e. The van der Waals surface area contributed by atoms with E-state index >= 15 is 0 Å². The molecule has 1 N–H and O–H groups in total. The summed E-state index contributed by atoms with van der Waals surface area (Å²) in [7, 11) is 3.79. The van der Waals surface area contributed by atoms with Gasteiger partial charge in [0, 0.05) is 51.4 Å². The van der Waals surface area contributed by atoms with Crippen molar-refractivity contribution in [1.82, 2.24) is 19.4 Å². The maximum absolute atomic E-state index is 13.1. The Labute approximate surface area is 173 Å².